The molecule has 3 amide bonds. The number of alkyl halides is 3. The summed E-state index contributed by atoms with van der Waals surface area (Å²) >= 11 is 12.6. The first-order chi connectivity index (χ1) is 24.4. The van der Waals surface area contributed by atoms with Crippen LogP contribution in [0.1, 0.15) is 74.8 Å². The molecule has 18 heteroatoms. The van der Waals surface area contributed by atoms with Crippen LogP contribution in [0, 0.1) is 0 Å². The van der Waals surface area contributed by atoms with Crippen molar-refractivity contribution >= 4 is 52.6 Å². The van der Waals surface area contributed by atoms with Crippen molar-refractivity contribution in [1.29, 1.82) is 0 Å². The minimum Gasteiger partial charge on any atom is -0.406 e. The van der Waals surface area contributed by atoms with Crippen LogP contribution in [0.15, 0.2) is 48.7 Å². The second-order valence-electron chi connectivity index (χ2n) is 14.6. The number of hydrogen-bond acceptors (Lipinski definition) is 8. The van der Waals surface area contributed by atoms with Gasteiger partial charge in [-0.2, -0.15) is 4.80 Å². The number of nitrogens with one attached hydrogen (secondary N) is 1. The SMILES string of the molecule is CC(C)(C)n1nnc([C@H]2CCN(C(=O)C3(NC(=O)c4cnc5n4[C@](C)(Cc4ccc(OC(F)(F)F)cc4)C(=O)N5c4cc(Cl)cc(Cl)c4)CC3)C2)n1. The number of anilines is 2. The number of tetrazole rings is 1. The zero-order chi connectivity index (χ0) is 37.4. The van der Waals surface area contributed by atoms with E-state index in [1.807, 2.05) is 20.8 Å². The standard InChI is InChI=1S/C34H34Cl2F3N9O4/c1-31(2,3)48-43-26(42-44-48)20-9-12-45(18-20)29(51)33(10-11-33)41-27(49)25-17-40-30-46(23-14-21(35)13-22(36)15-23)28(50)32(4,47(25)30)16-19-5-7-24(8-6-19)52-34(37,38)39/h5-8,13-15,17,20H,9-12,16,18H2,1-4H3,(H,41,49)/t20-,32+/m0/s1. The number of ether oxygens (including phenoxy) is 1. The van der Waals surface area contributed by atoms with Crippen LogP contribution in [0.5, 0.6) is 5.75 Å². The van der Waals surface area contributed by atoms with Crippen LogP contribution in [0.3, 0.4) is 0 Å². The molecule has 1 aliphatic carbocycles. The Hall–Kier alpha value is -4.70. The molecule has 52 heavy (non-hydrogen) atoms. The van der Waals surface area contributed by atoms with Gasteiger partial charge >= 0.3 is 6.36 Å². The summed E-state index contributed by atoms with van der Waals surface area (Å²) in [4.78, 5) is 51.4. The third kappa shape index (κ3) is 6.57. The van der Waals surface area contributed by atoms with Crippen molar-refractivity contribution in [1.82, 2.24) is 40.0 Å². The number of halogens is 5. The lowest BCUT2D eigenvalue weighted by atomic mass is 9.91. The fourth-order valence-corrected chi connectivity index (χ4v) is 7.28. The number of likely N-dealkylation sites (tertiary alicyclic amines) is 1. The van der Waals surface area contributed by atoms with E-state index in [-0.39, 0.29) is 45.5 Å². The zero-order valence-electron chi connectivity index (χ0n) is 28.5. The van der Waals surface area contributed by atoms with Crippen LogP contribution in [0.4, 0.5) is 24.8 Å². The predicted octanol–water partition coefficient (Wildman–Crippen LogP) is 5.74. The van der Waals surface area contributed by atoms with Gasteiger partial charge < -0.3 is 15.0 Å². The van der Waals surface area contributed by atoms with Gasteiger partial charge in [-0.3, -0.25) is 19.0 Å². The van der Waals surface area contributed by atoms with Crippen LogP contribution >= 0.6 is 23.2 Å². The smallest absolute Gasteiger partial charge is 0.406 e. The summed E-state index contributed by atoms with van der Waals surface area (Å²) in [5.41, 5.74) is -2.18. The van der Waals surface area contributed by atoms with Gasteiger partial charge in [-0.05, 0) is 88.1 Å². The molecule has 0 spiro atoms. The molecule has 274 valence electrons. The zero-order valence-corrected chi connectivity index (χ0v) is 30.1. The molecular weight excluding hydrogens is 726 g/mol. The van der Waals surface area contributed by atoms with Crippen molar-refractivity contribution in [2.75, 3.05) is 18.0 Å². The van der Waals surface area contributed by atoms with E-state index in [9.17, 15) is 27.6 Å². The van der Waals surface area contributed by atoms with Crippen LogP contribution in [-0.2, 0) is 27.1 Å². The van der Waals surface area contributed by atoms with Gasteiger partial charge in [0, 0.05) is 35.5 Å². The van der Waals surface area contributed by atoms with Crippen molar-refractivity contribution in [3.05, 3.63) is 75.8 Å². The Morgan fingerprint density at radius 2 is 1.73 bits per heavy atom. The Labute approximate surface area is 306 Å². The number of benzene rings is 2. The molecule has 4 aromatic rings. The molecular formula is C34H34Cl2F3N9O4. The summed E-state index contributed by atoms with van der Waals surface area (Å²) in [5.74, 6) is -1.19. The van der Waals surface area contributed by atoms with Crippen molar-refractivity contribution in [2.24, 2.45) is 0 Å². The summed E-state index contributed by atoms with van der Waals surface area (Å²) in [6.45, 7) is 8.35. The molecule has 1 N–H and O–H groups in total. The van der Waals surface area contributed by atoms with E-state index in [0.29, 0.717) is 49.4 Å². The molecule has 0 radical (unpaired) electrons. The van der Waals surface area contributed by atoms with Crippen molar-refractivity contribution in [3.8, 4) is 5.75 Å². The molecule has 3 aliphatic rings. The molecule has 4 heterocycles. The topological polar surface area (TPSA) is 140 Å². The number of fused-ring (bicyclic) bond motifs is 1. The first-order valence-electron chi connectivity index (χ1n) is 16.5. The number of amides is 3. The van der Waals surface area contributed by atoms with Gasteiger partial charge in [0.1, 0.15) is 22.5 Å². The summed E-state index contributed by atoms with van der Waals surface area (Å²) < 4.78 is 43.9. The van der Waals surface area contributed by atoms with Gasteiger partial charge in [-0.1, -0.05) is 35.3 Å². The van der Waals surface area contributed by atoms with Gasteiger partial charge in [0.05, 0.1) is 17.4 Å². The lowest BCUT2D eigenvalue weighted by Gasteiger charge is -2.28. The summed E-state index contributed by atoms with van der Waals surface area (Å²) in [5, 5.41) is 16.4. The second-order valence-corrected chi connectivity index (χ2v) is 15.4. The Kier molecular flexibility index (Phi) is 8.56. The maximum absolute atomic E-state index is 14.4. The first-order valence-corrected chi connectivity index (χ1v) is 17.3. The third-order valence-electron chi connectivity index (χ3n) is 9.53. The van der Waals surface area contributed by atoms with E-state index in [1.165, 1.54) is 46.0 Å². The van der Waals surface area contributed by atoms with E-state index in [2.05, 4.69) is 30.4 Å². The van der Waals surface area contributed by atoms with Crippen LogP contribution in [0.2, 0.25) is 10.0 Å². The number of carbonyl (C=O) groups excluding carboxylic acids is 3. The molecule has 0 unspecified atom stereocenters. The van der Waals surface area contributed by atoms with E-state index >= 15 is 0 Å². The quantitative estimate of drug-likeness (QED) is 0.240. The summed E-state index contributed by atoms with van der Waals surface area (Å²) in [6, 6.07) is 9.68. The van der Waals surface area contributed by atoms with E-state index < -0.39 is 35.0 Å². The summed E-state index contributed by atoms with van der Waals surface area (Å²) in [7, 11) is 0. The fraction of sp³-hybridized carbons (Fsp3) is 0.441. The molecule has 2 aromatic heterocycles. The number of hydrogen-bond donors (Lipinski definition) is 1. The van der Waals surface area contributed by atoms with Crippen LogP contribution in [0.25, 0.3) is 0 Å². The average Bonchev–Trinajstić information content (AvgIpc) is 3.47. The van der Waals surface area contributed by atoms with E-state index in [1.54, 1.807) is 16.6 Å². The maximum atomic E-state index is 14.4. The first kappa shape index (κ1) is 35.7. The van der Waals surface area contributed by atoms with Crippen molar-refractivity contribution in [3.63, 3.8) is 0 Å². The largest absolute Gasteiger partial charge is 0.573 e. The van der Waals surface area contributed by atoms with Gasteiger partial charge in [0.25, 0.3) is 11.8 Å². The highest BCUT2D eigenvalue weighted by Crippen LogP contribution is 2.45. The summed E-state index contributed by atoms with van der Waals surface area (Å²) in [6.07, 6.45) is -2.09. The molecule has 2 fully saturated rings. The second kappa shape index (κ2) is 12.5. The van der Waals surface area contributed by atoms with Crippen molar-refractivity contribution in [2.45, 2.75) is 82.3 Å². The number of aromatic nitrogens is 6. The van der Waals surface area contributed by atoms with Crippen LogP contribution < -0.4 is 15.0 Å². The lowest BCUT2D eigenvalue weighted by molar-refractivity contribution is -0.274. The monoisotopic (exact) mass is 759 g/mol. The highest BCUT2D eigenvalue weighted by atomic mass is 35.5. The Morgan fingerprint density at radius 3 is 2.33 bits per heavy atom. The third-order valence-corrected chi connectivity index (χ3v) is 9.96. The Balaban J connectivity index is 1.16. The molecule has 13 nitrogen and oxygen atoms in total. The minimum absolute atomic E-state index is 0.0138. The maximum Gasteiger partial charge on any atom is 0.573 e. The highest BCUT2D eigenvalue weighted by molar-refractivity contribution is 6.35. The average molecular weight is 761 g/mol. The Morgan fingerprint density at radius 1 is 1.06 bits per heavy atom. The van der Waals surface area contributed by atoms with Gasteiger partial charge in [0.2, 0.25) is 11.9 Å². The number of imidazole rings is 1. The fourth-order valence-electron chi connectivity index (χ4n) is 6.77. The predicted molar refractivity (Wildman–Crippen MR) is 182 cm³/mol. The molecule has 1 saturated carbocycles. The number of carbonyl (C=O) groups is 3. The normalized spacial score (nSPS) is 21.0. The van der Waals surface area contributed by atoms with E-state index in [0.717, 1.165) is 12.1 Å². The van der Waals surface area contributed by atoms with E-state index in [4.69, 9.17) is 23.2 Å². The molecule has 2 aliphatic heterocycles. The molecule has 0 bridgehead atoms. The van der Waals surface area contributed by atoms with Gasteiger partial charge in [-0.15, -0.1) is 23.4 Å². The molecule has 2 aromatic carbocycles. The van der Waals surface area contributed by atoms with Gasteiger partial charge in [-0.25, -0.2) is 9.88 Å². The van der Waals surface area contributed by atoms with Crippen LogP contribution in [-0.4, -0.2) is 77.4 Å². The minimum atomic E-state index is -4.87. The van der Waals surface area contributed by atoms with Gasteiger partial charge in [0.15, 0.2) is 5.82 Å². The number of nitrogens with zero attached hydrogens (tertiary/aromatic N) is 8. The number of rotatable bonds is 8. The highest BCUT2D eigenvalue weighted by Gasteiger charge is 2.56. The molecule has 1 saturated heterocycles. The Bertz CT molecular complexity index is 2050. The molecule has 2 atom stereocenters. The lowest BCUT2D eigenvalue weighted by Crippen LogP contribution is -2.51. The van der Waals surface area contributed by atoms with Crippen molar-refractivity contribution < 1.29 is 32.3 Å². The molecule has 7 rings (SSSR count).